The van der Waals surface area contributed by atoms with Gasteiger partial charge in [0.2, 0.25) is 0 Å². The van der Waals surface area contributed by atoms with E-state index < -0.39 is 0 Å². The highest BCUT2D eigenvalue weighted by Gasteiger charge is 2.20. The Balaban J connectivity index is 1.29. The summed E-state index contributed by atoms with van der Waals surface area (Å²) in [5, 5.41) is 0. The quantitative estimate of drug-likeness (QED) is 0.121. The highest BCUT2D eigenvalue weighted by molar-refractivity contribution is 5.55. The lowest BCUT2D eigenvalue weighted by Crippen LogP contribution is -2.34. The first kappa shape index (κ1) is 27.2. The largest absolute Gasteiger partial charge is 0.294 e. The molecule has 3 rings (SSSR count). The van der Waals surface area contributed by atoms with Crippen LogP contribution in [-0.4, -0.2) is 4.57 Å². The van der Waals surface area contributed by atoms with E-state index in [1.165, 1.54) is 120 Å². The summed E-state index contributed by atoms with van der Waals surface area (Å²) in [5.41, 5.74) is 2.50. The topological polar surface area (TPSA) is 8.81 Å². The van der Waals surface area contributed by atoms with Gasteiger partial charge in [-0.25, -0.2) is 4.57 Å². The molecule has 0 bridgehead atoms. The van der Waals surface area contributed by atoms with Crippen LogP contribution in [0.2, 0.25) is 0 Å². The van der Waals surface area contributed by atoms with Crippen molar-refractivity contribution in [1.82, 2.24) is 4.57 Å². The Kier molecular flexibility index (Phi) is 13.3. The van der Waals surface area contributed by atoms with E-state index in [2.05, 4.69) is 89.1 Å². The minimum atomic E-state index is 1.09. The van der Waals surface area contributed by atoms with E-state index in [0.717, 1.165) is 6.54 Å². The minimum Gasteiger partial charge on any atom is -0.230 e. The molecule has 0 unspecified atom stereocenters. The maximum absolute atomic E-state index is 2.44. The first-order valence-corrected chi connectivity index (χ1v) is 14.6. The Hall–Kier alpha value is -2.35. The fraction of sp³-hybridized carbons (Fsp3) is 0.545. The number of benzene rings is 2. The average Bonchev–Trinajstić information content (AvgIpc) is 3.33. The van der Waals surface area contributed by atoms with Gasteiger partial charge in [0, 0.05) is 0 Å². The third kappa shape index (κ3) is 10.0. The van der Waals surface area contributed by atoms with Gasteiger partial charge in [-0.05, 0) is 37.1 Å². The summed E-state index contributed by atoms with van der Waals surface area (Å²) < 4.78 is 4.76. The molecule has 1 aromatic heterocycles. The molecular formula is C33H49N2+. The van der Waals surface area contributed by atoms with Gasteiger partial charge in [-0.15, -0.1) is 0 Å². The highest BCUT2D eigenvalue weighted by Crippen LogP contribution is 2.20. The Morgan fingerprint density at radius 2 is 1.00 bits per heavy atom. The van der Waals surface area contributed by atoms with Crippen molar-refractivity contribution < 1.29 is 4.57 Å². The van der Waals surface area contributed by atoms with Gasteiger partial charge in [0.25, 0.3) is 5.82 Å². The number of para-hydroxylation sites is 1. The maximum atomic E-state index is 2.44. The van der Waals surface area contributed by atoms with Crippen molar-refractivity contribution in [2.45, 2.75) is 116 Å². The molecular weight excluding hydrogens is 424 g/mol. The standard InChI is InChI=1S/C33H49N2/c1-2-3-4-5-6-7-8-9-10-11-12-13-14-15-16-23-28-34-29-30-35(32-26-21-18-22-27-32)33(34)31-24-19-17-20-25-31/h17-22,24-27,29-30H,2-16,23,28H2,1H3/q+1. The van der Waals surface area contributed by atoms with Gasteiger partial charge in [-0.2, -0.15) is 4.57 Å². The zero-order valence-corrected chi connectivity index (χ0v) is 22.3. The molecule has 0 saturated carbocycles. The van der Waals surface area contributed by atoms with Crippen LogP contribution in [0.4, 0.5) is 0 Å². The Labute approximate surface area is 215 Å². The minimum absolute atomic E-state index is 1.09. The first-order valence-electron chi connectivity index (χ1n) is 14.6. The number of rotatable bonds is 19. The van der Waals surface area contributed by atoms with Crippen LogP contribution >= 0.6 is 0 Å². The summed E-state index contributed by atoms with van der Waals surface area (Å²) in [5.74, 6) is 1.28. The number of aryl methyl sites for hydroxylation is 1. The molecule has 3 aromatic rings. The Morgan fingerprint density at radius 3 is 1.51 bits per heavy atom. The van der Waals surface area contributed by atoms with Crippen molar-refractivity contribution in [3.63, 3.8) is 0 Å². The molecule has 0 amide bonds. The van der Waals surface area contributed by atoms with Crippen molar-refractivity contribution in [2.24, 2.45) is 0 Å². The number of imidazole rings is 1. The van der Waals surface area contributed by atoms with Crippen molar-refractivity contribution in [1.29, 1.82) is 0 Å². The second-order valence-electron chi connectivity index (χ2n) is 10.2. The van der Waals surface area contributed by atoms with Gasteiger partial charge in [0.15, 0.2) is 0 Å². The number of nitrogens with zero attached hydrogens (tertiary/aromatic N) is 2. The number of aromatic nitrogens is 2. The molecule has 0 aliphatic rings. The van der Waals surface area contributed by atoms with E-state index in [-0.39, 0.29) is 0 Å². The van der Waals surface area contributed by atoms with Crippen LogP contribution in [-0.2, 0) is 6.54 Å². The number of unbranched alkanes of at least 4 members (excludes halogenated alkanes) is 15. The van der Waals surface area contributed by atoms with Crippen LogP contribution in [0.5, 0.6) is 0 Å². The summed E-state index contributed by atoms with van der Waals surface area (Å²) in [7, 11) is 0. The predicted octanol–water partition coefficient (Wildman–Crippen LogP) is 9.69. The second kappa shape index (κ2) is 17.1. The average molecular weight is 474 g/mol. The van der Waals surface area contributed by atoms with Crippen molar-refractivity contribution in [3.05, 3.63) is 73.1 Å². The van der Waals surface area contributed by atoms with Crippen LogP contribution in [0, 0.1) is 0 Å². The van der Waals surface area contributed by atoms with E-state index in [1.54, 1.807) is 0 Å². The van der Waals surface area contributed by atoms with Crippen LogP contribution in [0.1, 0.15) is 110 Å². The molecule has 0 N–H and O–H groups in total. The molecule has 0 saturated heterocycles. The van der Waals surface area contributed by atoms with Gasteiger partial charge in [-0.3, -0.25) is 0 Å². The number of hydrogen-bond donors (Lipinski definition) is 0. The predicted molar refractivity (Wildman–Crippen MR) is 151 cm³/mol. The molecule has 2 aromatic carbocycles. The van der Waals surface area contributed by atoms with E-state index in [4.69, 9.17) is 0 Å². The van der Waals surface area contributed by atoms with Crippen molar-refractivity contribution in [3.8, 4) is 17.1 Å². The molecule has 35 heavy (non-hydrogen) atoms. The molecule has 0 spiro atoms. The summed E-state index contributed by atoms with van der Waals surface area (Å²) in [6, 6.07) is 21.5. The molecule has 2 nitrogen and oxygen atoms in total. The van der Waals surface area contributed by atoms with Crippen LogP contribution < -0.4 is 4.57 Å². The molecule has 0 fully saturated rings. The van der Waals surface area contributed by atoms with Gasteiger partial charge < -0.3 is 0 Å². The summed E-state index contributed by atoms with van der Waals surface area (Å²) in [6.45, 7) is 3.38. The summed E-state index contributed by atoms with van der Waals surface area (Å²) in [6.07, 6.45) is 27.1. The molecule has 190 valence electrons. The van der Waals surface area contributed by atoms with Gasteiger partial charge in [0.1, 0.15) is 18.1 Å². The zero-order valence-electron chi connectivity index (χ0n) is 22.3. The van der Waals surface area contributed by atoms with Gasteiger partial charge >= 0.3 is 0 Å². The van der Waals surface area contributed by atoms with Crippen LogP contribution in [0.25, 0.3) is 17.1 Å². The van der Waals surface area contributed by atoms with Crippen LogP contribution in [0.3, 0.4) is 0 Å². The third-order valence-corrected chi connectivity index (χ3v) is 7.21. The van der Waals surface area contributed by atoms with Crippen molar-refractivity contribution >= 4 is 0 Å². The maximum Gasteiger partial charge on any atom is 0.294 e. The van der Waals surface area contributed by atoms with Gasteiger partial charge in [-0.1, -0.05) is 133 Å². The SMILES string of the molecule is CCCCCCCCCCCCCCCCCC[n+]1ccn(-c2ccccc2)c1-c1ccccc1. The Morgan fingerprint density at radius 1 is 0.543 bits per heavy atom. The summed E-state index contributed by atoms with van der Waals surface area (Å²) in [4.78, 5) is 0. The first-order chi connectivity index (χ1) is 17.4. The lowest BCUT2D eigenvalue weighted by atomic mass is 10.0. The monoisotopic (exact) mass is 473 g/mol. The normalized spacial score (nSPS) is 11.2. The van der Waals surface area contributed by atoms with Gasteiger partial charge in [0.05, 0.1) is 12.1 Å². The van der Waals surface area contributed by atoms with E-state index >= 15 is 0 Å². The highest BCUT2D eigenvalue weighted by atomic mass is 15.2. The molecule has 0 aliphatic carbocycles. The van der Waals surface area contributed by atoms with E-state index in [9.17, 15) is 0 Å². The molecule has 0 radical (unpaired) electrons. The lowest BCUT2D eigenvalue weighted by molar-refractivity contribution is -0.685. The van der Waals surface area contributed by atoms with Crippen LogP contribution in [0.15, 0.2) is 73.1 Å². The fourth-order valence-corrected chi connectivity index (χ4v) is 5.13. The molecule has 2 heteroatoms. The molecule has 1 heterocycles. The third-order valence-electron chi connectivity index (χ3n) is 7.21. The van der Waals surface area contributed by atoms with E-state index in [0.29, 0.717) is 0 Å². The molecule has 0 atom stereocenters. The zero-order chi connectivity index (χ0) is 24.4. The number of hydrogen-bond acceptors (Lipinski definition) is 0. The fourth-order valence-electron chi connectivity index (χ4n) is 5.13. The van der Waals surface area contributed by atoms with Crippen molar-refractivity contribution in [2.75, 3.05) is 0 Å². The lowest BCUT2D eigenvalue weighted by Gasteiger charge is -2.06. The Bertz CT molecular complexity index is 897. The molecule has 0 aliphatic heterocycles. The summed E-state index contributed by atoms with van der Waals surface area (Å²) >= 11 is 0. The van der Waals surface area contributed by atoms with E-state index in [1.807, 2.05) is 0 Å². The smallest absolute Gasteiger partial charge is 0.230 e. The second-order valence-corrected chi connectivity index (χ2v) is 10.2.